The van der Waals surface area contributed by atoms with Crippen molar-refractivity contribution in [1.29, 1.82) is 0 Å². The van der Waals surface area contributed by atoms with Crippen molar-refractivity contribution in [2.45, 2.75) is 0 Å². The third-order valence-electron chi connectivity index (χ3n) is 2.51. The first kappa shape index (κ1) is 11.8. The van der Waals surface area contributed by atoms with Gasteiger partial charge in [0.25, 0.3) is 5.89 Å². The molecular formula is C12H11N5OS. The van der Waals surface area contributed by atoms with Crippen LogP contribution in [-0.2, 0) is 0 Å². The smallest absolute Gasteiger partial charge is 0.263 e. The Morgan fingerprint density at radius 3 is 2.95 bits per heavy atom. The van der Waals surface area contributed by atoms with Crippen molar-refractivity contribution >= 4 is 17.2 Å². The predicted molar refractivity (Wildman–Crippen MR) is 73.0 cm³/mol. The minimum absolute atomic E-state index is 0.424. The zero-order valence-corrected chi connectivity index (χ0v) is 11.3. The van der Waals surface area contributed by atoms with Gasteiger partial charge in [-0.25, -0.2) is 9.97 Å². The van der Waals surface area contributed by atoms with Crippen LogP contribution in [0.15, 0.2) is 34.6 Å². The van der Waals surface area contributed by atoms with Crippen LogP contribution in [0, 0.1) is 0 Å². The number of hydrogen-bond donors (Lipinski definition) is 0. The minimum atomic E-state index is 0.424. The number of nitrogens with zero attached hydrogens (tertiary/aromatic N) is 5. The SMILES string of the molecule is CN(C)c1ncncc1-c1nc(-c2cccs2)no1. The second-order valence-electron chi connectivity index (χ2n) is 4.05. The van der Waals surface area contributed by atoms with Crippen molar-refractivity contribution in [3.8, 4) is 22.2 Å². The summed E-state index contributed by atoms with van der Waals surface area (Å²) in [6, 6.07) is 3.90. The summed E-state index contributed by atoms with van der Waals surface area (Å²) in [4.78, 5) is 15.5. The summed E-state index contributed by atoms with van der Waals surface area (Å²) in [6.07, 6.45) is 3.17. The zero-order valence-electron chi connectivity index (χ0n) is 10.4. The molecule has 0 N–H and O–H groups in total. The molecule has 3 heterocycles. The molecule has 6 nitrogen and oxygen atoms in total. The van der Waals surface area contributed by atoms with Gasteiger partial charge in [-0.1, -0.05) is 11.2 Å². The lowest BCUT2D eigenvalue weighted by atomic mass is 10.3. The molecule has 0 aliphatic heterocycles. The maximum atomic E-state index is 5.30. The molecule has 0 aromatic carbocycles. The van der Waals surface area contributed by atoms with E-state index >= 15 is 0 Å². The van der Waals surface area contributed by atoms with Crippen molar-refractivity contribution in [3.63, 3.8) is 0 Å². The van der Waals surface area contributed by atoms with Crippen LogP contribution in [0.25, 0.3) is 22.2 Å². The lowest BCUT2D eigenvalue weighted by Crippen LogP contribution is -2.12. The first-order valence-corrected chi connectivity index (χ1v) is 6.49. The van der Waals surface area contributed by atoms with E-state index in [1.807, 2.05) is 36.5 Å². The van der Waals surface area contributed by atoms with Crippen LogP contribution < -0.4 is 4.90 Å². The molecule has 96 valence electrons. The Kier molecular flexibility index (Phi) is 2.96. The Balaban J connectivity index is 2.04. The van der Waals surface area contributed by atoms with Gasteiger partial charge in [0.15, 0.2) is 0 Å². The molecule has 0 aliphatic carbocycles. The van der Waals surface area contributed by atoms with E-state index < -0.39 is 0 Å². The molecule has 0 spiro atoms. The fourth-order valence-corrected chi connectivity index (χ4v) is 2.32. The number of anilines is 1. The number of aromatic nitrogens is 4. The van der Waals surface area contributed by atoms with Crippen LogP contribution in [0.2, 0.25) is 0 Å². The third-order valence-corrected chi connectivity index (χ3v) is 3.38. The highest BCUT2D eigenvalue weighted by Gasteiger charge is 2.16. The second kappa shape index (κ2) is 4.77. The van der Waals surface area contributed by atoms with E-state index in [9.17, 15) is 0 Å². The molecule has 0 bridgehead atoms. The predicted octanol–water partition coefficient (Wildman–Crippen LogP) is 2.32. The number of hydrogen-bond acceptors (Lipinski definition) is 7. The van der Waals surface area contributed by atoms with Gasteiger partial charge in [0.2, 0.25) is 5.82 Å². The second-order valence-corrected chi connectivity index (χ2v) is 5.00. The van der Waals surface area contributed by atoms with Crippen molar-refractivity contribution < 1.29 is 4.52 Å². The molecule has 19 heavy (non-hydrogen) atoms. The molecule has 0 aliphatic rings. The molecule has 3 aromatic rings. The van der Waals surface area contributed by atoms with Gasteiger partial charge < -0.3 is 9.42 Å². The highest BCUT2D eigenvalue weighted by Crippen LogP contribution is 2.28. The van der Waals surface area contributed by atoms with E-state index in [-0.39, 0.29) is 0 Å². The summed E-state index contributed by atoms with van der Waals surface area (Å²) in [6.45, 7) is 0. The Labute approximate surface area is 113 Å². The van der Waals surface area contributed by atoms with Crippen LogP contribution >= 0.6 is 11.3 Å². The van der Waals surface area contributed by atoms with Gasteiger partial charge in [0.05, 0.1) is 4.88 Å². The number of rotatable bonds is 3. The Hall–Kier alpha value is -2.28. The highest BCUT2D eigenvalue weighted by molar-refractivity contribution is 7.13. The largest absolute Gasteiger partial charge is 0.362 e. The molecule has 0 saturated carbocycles. The topological polar surface area (TPSA) is 67.9 Å². The molecule has 7 heteroatoms. The van der Waals surface area contributed by atoms with E-state index in [0.29, 0.717) is 11.7 Å². The summed E-state index contributed by atoms with van der Waals surface area (Å²) in [7, 11) is 3.81. The minimum Gasteiger partial charge on any atom is -0.362 e. The van der Waals surface area contributed by atoms with Crippen molar-refractivity contribution in [1.82, 2.24) is 20.1 Å². The fraction of sp³-hybridized carbons (Fsp3) is 0.167. The van der Waals surface area contributed by atoms with Gasteiger partial charge in [-0.3, -0.25) is 0 Å². The fourth-order valence-electron chi connectivity index (χ4n) is 1.67. The maximum absolute atomic E-state index is 5.30. The summed E-state index contributed by atoms with van der Waals surface area (Å²) < 4.78 is 5.30. The first-order chi connectivity index (χ1) is 9.25. The normalized spacial score (nSPS) is 10.6. The van der Waals surface area contributed by atoms with Gasteiger partial charge in [0, 0.05) is 20.3 Å². The lowest BCUT2D eigenvalue weighted by Gasteiger charge is -2.12. The average molecular weight is 273 g/mol. The van der Waals surface area contributed by atoms with Gasteiger partial charge in [-0.15, -0.1) is 11.3 Å². The van der Waals surface area contributed by atoms with E-state index in [1.54, 1.807) is 17.5 Å². The Morgan fingerprint density at radius 2 is 2.21 bits per heavy atom. The monoisotopic (exact) mass is 273 g/mol. The summed E-state index contributed by atoms with van der Waals surface area (Å²) >= 11 is 1.57. The van der Waals surface area contributed by atoms with Crippen LogP contribution in [0.3, 0.4) is 0 Å². The molecule has 3 rings (SSSR count). The zero-order chi connectivity index (χ0) is 13.2. The van der Waals surface area contributed by atoms with Crippen molar-refractivity contribution in [3.05, 3.63) is 30.0 Å². The van der Waals surface area contributed by atoms with E-state index in [1.165, 1.54) is 6.33 Å². The molecule has 0 unspecified atom stereocenters. The summed E-state index contributed by atoms with van der Waals surface area (Å²) in [5.41, 5.74) is 0.725. The van der Waals surface area contributed by atoms with Crippen LogP contribution in [0.4, 0.5) is 5.82 Å². The van der Waals surface area contributed by atoms with Crippen LogP contribution in [0.5, 0.6) is 0 Å². The highest BCUT2D eigenvalue weighted by atomic mass is 32.1. The lowest BCUT2D eigenvalue weighted by molar-refractivity contribution is 0.432. The maximum Gasteiger partial charge on any atom is 0.263 e. The van der Waals surface area contributed by atoms with E-state index in [2.05, 4.69) is 20.1 Å². The molecule has 0 amide bonds. The Bertz CT molecular complexity index is 677. The molecule has 0 radical (unpaired) electrons. The standard InChI is InChI=1S/C12H11N5OS/c1-17(2)11-8(6-13-7-14-11)12-15-10(16-18-12)9-4-3-5-19-9/h3-7H,1-2H3. The van der Waals surface area contributed by atoms with Crippen molar-refractivity contribution in [2.75, 3.05) is 19.0 Å². The molecular weight excluding hydrogens is 262 g/mol. The van der Waals surface area contributed by atoms with Crippen LogP contribution in [-0.4, -0.2) is 34.2 Å². The number of thiophene rings is 1. The van der Waals surface area contributed by atoms with Gasteiger partial charge in [-0.2, -0.15) is 4.98 Å². The van der Waals surface area contributed by atoms with Gasteiger partial charge >= 0.3 is 0 Å². The van der Waals surface area contributed by atoms with E-state index in [4.69, 9.17) is 4.52 Å². The van der Waals surface area contributed by atoms with Gasteiger partial charge in [-0.05, 0) is 11.4 Å². The van der Waals surface area contributed by atoms with Crippen LogP contribution in [0.1, 0.15) is 0 Å². The quantitative estimate of drug-likeness (QED) is 0.729. The molecule has 0 atom stereocenters. The first-order valence-electron chi connectivity index (χ1n) is 5.61. The molecule has 0 fully saturated rings. The van der Waals surface area contributed by atoms with E-state index in [0.717, 1.165) is 16.3 Å². The van der Waals surface area contributed by atoms with Gasteiger partial charge in [0.1, 0.15) is 17.7 Å². The Morgan fingerprint density at radius 1 is 1.32 bits per heavy atom. The molecule has 0 saturated heterocycles. The third kappa shape index (κ3) is 2.19. The van der Waals surface area contributed by atoms with Crippen molar-refractivity contribution in [2.24, 2.45) is 0 Å². The average Bonchev–Trinajstić information content (AvgIpc) is 3.09. The summed E-state index contributed by atoms with van der Waals surface area (Å²) in [5.74, 6) is 1.75. The molecule has 3 aromatic heterocycles. The summed E-state index contributed by atoms with van der Waals surface area (Å²) in [5, 5.41) is 5.96.